The Morgan fingerprint density at radius 1 is 0.370 bits per heavy atom. The minimum absolute atomic E-state index is 0. The van der Waals surface area contributed by atoms with Crippen LogP contribution in [0.2, 0.25) is 0 Å². The van der Waals surface area contributed by atoms with Gasteiger partial charge in [-0.1, -0.05) is 0 Å². The summed E-state index contributed by atoms with van der Waals surface area (Å²) in [5.41, 5.74) is 0. The Bertz CT molecular complexity index is 263. The van der Waals surface area contributed by atoms with Crippen molar-refractivity contribution in [2.24, 2.45) is 0 Å². The van der Waals surface area contributed by atoms with Gasteiger partial charge in [0.15, 0.2) is 0 Å². The van der Waals surface area contributed by atoms with Gasteiger partial charge in [-0.05, 0) is 41.5 Å². The minimum Gasteiger partial charge on any atom is -0.873 e. The van der Waals surface area contributed by atoms with Gasteiger partial charge in [0, 0.05) is 35.8 Å². The Morgan fingerprint density at radius 3 is 0.370 bits per heavy atom. The Balaban J connectivity index is -0.0000000201. The van der Waals surface area contributed by atoms with E-state index < -0.39 is 35.8 Å². The maximum atomic E-state index is 8.89. The molecule has 0 saturated carbocycles. The molecule has 0 unspecified atom stereocenters. The van der Waals surface area contributed by atoms with E-state index in [-0.39, 0.29) is 27.7 Å². The second-order valence-corrected chi connectivity index (χ2v) is 2.95. The molecular weight excluding hydrogens is 427 g/mol. The van der Waals surface area contributed by atoms with Crippen LogP contribution >= 0.6 is 0 Å². The standard InChI is InChI=1S/6C2H4O2.Co.2H4O/c6*1-2(3)4;;;/h6*1H3,(H,3,4);;2*1H4/q;;;;;;3*+2/p-6. The van der Waals surface area contributed by atoms with Gasteiger partial charge in [0.1, 0.15) is 0 Å². The largest absolute Gasteiger partial charge is 2.00 e. The molecular formula is C12H26CoO14. The van der Waals surface area contributed by atoms with E-state index in [1.54, 1.807) is 0 Å². The summed E-state index contributed by atoms with van der Waals surface area (Å²) in [6, 6.07) is 0. The third kappa shape index (κ3) is 1380. The first-order valence-electron chi connectivity index (χ1n) is 5.45. The average molecular weight is 453 g/mol. The van der Waals surface area contributed by atoms with Gasteiger partial charge in [0.25, 0.3) is 0 Å². The zero-order valence-electron chi connectivity index (χ0n) is 15.6. The predicted molar refractivity (Wildman–Crippen MR) is 76.6 cm³/mol. The van der Waals surface area contributed by atoms with Crippen LogP contribution < -0.4 is 30.6 Å². The Morgan fingerprint density at radius 2 is 0.370 bits per heavy atom. The molecule has 0 heterocycles. The normalized spacial score (nSPS) is 5.56. The molecule has 0 amide bonds. The second-order valence-electron chi connectivity index (χ2n) is 2.95. The molecule has 0 spiro atoms. The van der Waals surface area contributed by atoms with Crippen LogP contribution in [0, 0.1) is 0 Å². The third-order valence-corrected chi connectivity index (χ3v) is 0. The summed E-state index contributed by atoms with van der Waals surface area (Å²) in [7, 11) is 0. The number of carboxylic acids is 6. The third-order valence-electron chi connectivity index (χ3n) is 0. The van der Waals surface area contributed by atoms with E-state index in [0.29, 0.717) is 0 Å². The minimum atomic E-state index is -1.08. The molecule has 8 N–H and O–H groups in total. The van der Waals surface area contributed by atoms with Crippen LogP contribution in [0.4, 0.5) is 0 Å². The quantitative estimate of drug-likeness (QED) is 0.330. The summed E-state index contributed by atoms with van der Waals surface area (Å²) in [4.78, 5) is 53.3. The van der Waals surface area contributed by atoms with Gasteiger partial charge in [-0.25, -0.2) is 0 Å². The van der Waals surface area contributed by atoms with E-state index in [0.717, 1.165) is 41.5 Å². The van der Waals surface area contributed by atoms with Gasteiger partial charge in [-0.3, -0.25) is 0 Å². The van der Waals surface area contributed by atoms with Crippen LogP contribution in [0.5, 0.6) is 0 Å². The summed E-state index contributed by atoms with van der Waals surface area (Å²) in [5, 5.41) is 53.3. The van der Waals surface area contributed by atoms with Crippen LogP contribution in [0.15, 0.2) is 0 Å². The molecule has 1 radical (unpaired) electrons. The van der Waals surface area contributed by atoms with Crippen LogP contribution in [0.1, 0.15) is 41.5 Å². The molecule has 0 aromatic rings. The van der Waals surface area contributed by atoms with Crippen molar-refractivity contribution < 1.29 is 87.1 Å². The molecule has 0 aliphatic carbocycles. The smallest absolute Gasteiger partial charge is 0.873 e. The number of carbonyl (C=O) groups excluding carboxylic acids is 6. The number of hydrogen-bond donors (Lipinski definition) is 0. The predicted octanol–water partition coefficient (Wildman–Crippen LogP) is -9.84. The number of rotatable bonds is 0. The van der Waals surface area contributed by atoms with Crippen LogP contribution in [-0.2, 0) is 56.5 Å². The number of hydrogen-bond acceptors (Lipinski definition) is 12. The summed E-state index contributed by atoms with van der Waals surface area (Å²) in [6.07, 6.45) is 0. The number of carboxylic acid groups (broad SMARTS) is 6. The fourth-order valence-corrected chi connectivity index (χ4v) is 0. The molecule has 0 aromatic heterocycles. The van der Waals surface area contributed by atoms with Crippen molar-refractivity contribution in [1.82, 2.24) is 0 Å². The van der Waals surface area contributed by atoms with E-state index in [1.807, 2.05) is 0 Å². The van der Waals surface area contributed by atoms with E-state index in [9.17, 15) is 0 Å². The van der Waals surface area contributed by atoms with Crippen molar-refractivity contribution in [2.45, 2.75) is 41.5 Å². The maximum Gasteiger partial charge on any atom is 2.00 e. The van der Waals surface area contributed by atoms with Gasteiger partial charge in [0.2, 0.25) is 0 Å². The van der Waals surface area contributed by atoms with Crippen molar-refractivity contribution in [3.05, 3.63) is 0 Å². The fraction of sp³-hybridized carbons (Fsp3) is 0.500. The summed E-state index contributed by atoms with van der Waals surface area (Å²) in [6.45, 7) is 5.83. The average Bonchev–Trinajstić information content (AvgIpc) is 2.08. The molecule has 0 atom stereocenters. The molecule has 0 aliphatic rings. The molecule has 0 aliphatic heterocycles. The van der Waals surface area contributed by atoms with Crippen molar-refractivity contribution in [3.8, 4) is 0 Å². The molecule has 0 saturated heterocycles. The first kappa shape index (κ1) is 56.4. The van der Waals surface area contributed by atoms with Crippen molar-refractivity contribution in [2.75, 3.05) is 0 Å². The summed E-state index contributed by atoms with van der Waals surface area (Å²) >= 11 is 0. The monoisotopic (exact) mass is 453 g/mol. The van der Waals surface area contributed by atoms with Gasteiger partial charge in [-0.15, -0.1) is 0 Å². The Kier molecular flexibility index (Phi) is 103. The van der Waals surface area contributed by atoms with Gasteiger partial charge >= 0.3 is 16.8 Å². The molecule has 14 nitrogen and oxygen atoms in total. The molecule has 0 fully saturated rings. The van der Waals surface area contributed by atoms with Crippen molar-refractivity contribution in [3.63, 3.8) is 0 Å². The van der Waals surface area contributed by atoms with Crippen molar-refractivity contribution >= 4 is 35.8 Å². The zero-order chi connectivity index (χ0) is 21.5. The molecule has 0 aromatic carbocycles. The SMILES string of the molecule is CC(=O)[O-].CC(=O)[O-].CC(=O)[O-].CC(=O)[O-].CC(=O)[O-].CC(=O)[O-].[Co+2].[OH4+2].[OH4+2]. The first-order chi connectivity index (χ1) is 10.4. The summed E-state index contributed by atoms with van der Waals surface area (Å²) in [5.74, 6) is -6.50. The first-order valence-corrected chi connectivity index (χ1v) is 5.45. The van der Waals surface area contributed by atoms with E-state index in [2.05, 4.69) is 0 Å². The zero-order valence-corrected chi connectivity index (χ0v) is 16.7. The molecule has 15 heteroatoms. The van der Waals surface area contributed by atoms with E-state index >= 15 is 0 Å². The van der Waals surface area contributed by atoms with Crippen LogP contribution in [-0.4, -0.2) is 35.8 Å². The van der Waals surface area contributed by atoms with Gasteiger partial charge in [-0.2, -0.15) is 0 Å². The van der Waals surface area contributed by atoms with Crippen molar-refractivity contribution in [1.29, 1.82) is 0 Å². The van der Waals surface area contributed by atoms with E-state index in [4.69, 9.17) is 59.4 Å². The van der Waals surface area contributed by atoms with Crippen LogP contribution in [0.25, 0.3) is 0 Å². The topological polar surface area (TPSA) is 310 Å². The summed E-state index contributed by atoms with van der Waals surface area (Å²) < 4.78 is 0. The fourth-order valence-electron chi connectivity index (χ4n) is 0. The number of aliphatic carboxylic acids is 6. The number of carbonyl (C=O) groups is 6. The van der Waals surface area contributed by atoms with Gasteiger partial charge in [0.05, 0.1) is 0 Å². The molecule has 27 heavy (non-hydrogen) atoms. The maximum absolute atomic E-state index is 8.89. The molecule has 0 rings (SSSR count). The molecule has 0 bridgehead atoms. The molecule has 167 valence electrons. The van der Waals surface area contributed by atoms with Crippen LogP contribution in [0.3, 0.4) is 0 Å². The second kappa shape index (κ2) is 49.5. The Hall–Kier alpha value is -2.75. The van der Waals surface area contributed by atoms with Gasteiger partial charge < -0.3 is 70.4 Å². The Labute approximate surface area is 165 Å². The van der Waals surface area contributed by atoms with E-state index in [1.165, 1.54) is 0 Å².